The normalized spacial score (nSPS) is 10.3. The Morgan fingerprint density at radius 1 is 1.50 bits per heavy atom. The summed E-state index contributed by atoms with van der Waals surface area (Å²) in [7, 11) is 0. The van der Waals surface area contributed by atoms with E-state index in [9.17, 15) is 9.90 Å². The maximum Gasteiger partial charge on any atom is 0.251 e. The van der Waals surface area contributed by atoms with E-state index in [0.717, 1.165) is 5.69 Å². The Kier molecular flexibility index (Phi) is 3.99. The van der Waals surface area contributed by atoms with Gasteiger partial charge in [0.05, 0.1) is 10.8 Å². The van der Waals surface area contributed by atoms with Gasteiger partial charge in [-0.15, -0.1) is 0 Å². The number of imidazole rings is 1. The van der Waals surface area contributed by atoms with Gasteiger partial charge < -0.3 is 15.4 Å². The summed E-state index contributed by atoms with van der Waals surface area (Å²) in [6.45, 7) is 0.512. The van der Waals surface area contributed by atoms with Crippen LogP contribution in [0, 0.1) is 0 Å². The zero-order chi connectivity index (χ0) is 13.0. The summed E-state index contributed by atoms with van der Waals surface area (Å²) in [5.74, 6) is -0.159. The molecule has 0 saturated heterocycles. The van der Waals surface area contributed by atoms with Gasteiger partial charge in [-0.3, -0.25) is 4.79 Å². The molecule has 0 radical (unpaired) electrons. The van der Waals surface area contributed by atoms with E-state index in [2.05, 4.69) is 31.2 Å². The Morgan fingerprint density at radius 2 is 2.33 bits per heavy atom. The molecule has 0 aliphatic rings. The number of phenolic OH excluding ortho intramolecular Hbond substituents is 1. The van der Waals surface area contributed by atoms with E-state index in [4.69, 9.17) is 0 Å². The first-order valence-electron chi connectivity index (χ1n) is 5.41. The second-order valence-electron chi connectivity index (χ2n) is 3.75. The third kappa shape index (κ3) is 3.10. The molecule has 0 unspecified atom stereocenters. The molecule has 0 saturated carbocycles. The number of aromatic hydroxyl groups is 1. The lowest BCUT2D eigenvalue weighted by atomic mass is 10.2. The summed E-state index contributed by atoms with van der Waals surface area (Å²) >= 11 is 3.16. The number of nitrogens with one attached hydrogen (secondary N) is 2. The lowest BCUT2D eigenvalue weighted by molar-refractivity contribution is 0.0953. The number of nitrogens with zero attached hydrogens (tertiary/aromatic N) is 1. The first-order valence-corrected chi connectivity index (χ1v) is 6.20. The van der Waals surface area contributed by atoms with Gasteiger partial charge in [-0.1, -0.05) is 0 Å². The van der Waals surface area contributed by atoms with Gasteiger partial charge in [0.25, 0.3) is 5.91 Å². The van der Waals surface area contributed by atoms with Crippen LogP contribution in [0.5, 0.6) is 5.75 Å². The van der Waals surface area contributed by atoms with E-state index < -0.39 is 0 Å². The number of aromatic amines is 1. The van der Waals surface area contributed by atoms with Crippen molar-refractivity contribution in [1.29, 1.82) is 0 Å². The first-order chi connectivity index (χ1) is 8.66. The second-order valence-corrected chi connectivity index (χ2v) is 4.60. The Balaban J connectivity index is 1.89. The van der Waals surface area contributed by atoms with Crippen molar-refractivity contribution < 1.29 is 9.90 Å². The molecule has 2 rings (SSSR count). The molecule has 1 aromatic carbocycles. The zero-order valence-corrected chi connectivity index (χ0v) is 11.1. The summed E-state index contributed by atoms with van der Waals surface area (Å²) < 4.78 is 0.566. The summed E-state index contributed by atoms with van der Waals surface area (Å²) in [6.07, 6.45) is 4.01. The largest absolute Gasteiger partial charge is 0.507 e. The number of benzene rings is 1. The van der Waals surface area contributed by atoms with Crippen molar-refractivity contribution in [2.45, 2.75) is 6.42 Å². The van der Waals surface area contributed by atoms with Crippen LogP contribution < -0.4 is 5.32 Å². The van der Waals surface area contributed by atoms with Gasteiger partial charge in [0, 0.05) is 30.4 Å². The molecule has 5 nitrogen and oxygen atoms in total. The van der Waals surface area contributed by atoms with Crippen molar-refractivity contribution in [2.75, 3.05) is 6.54 Å². The standard InChI is InChI=1S/C12H12BrN3O2/c13-10-2-1-8(5-11(10)17)12(18)15-4-3-9-6-14-7-16-9/h1-2,5-7,17H,3-4H2,(H,14,16)(H,15,18). The number of aromatic nitrogens is 2. The molecule has 0 spiro atoms. The molecule has 6 heteroatoms. The van der Waals surface area contributed by atoms with Crippen LogP contribution in [-0.4, -0.2) is 27.5 Å². The van der Waals surface area contributed by atoms with E-state index in [-0.39, 0.29) is 11.7 Å². The minimum absolute atomic E-state index is 0.0521. The van der Waals surface area contributed by atoms with Gasteiger partial charge in [0.1, 0.15) is 5.75 Å². The fourth-order valence-corrected chi connectivity index (χ4v) is 1.73. The van der Waals surface area contributed by atoms with Gasteiger partial charge in [0.2, 0.25) is 0 Å². The number of phenols is 1. The zero-order valence-electron chi connectivity index (χ0n) is 9.48. The highest BCUT2D eigenvalue weighted by atomic mass is 79.9. The maximum atomic E-state index is 11.8. The SMILES string of the molecule is O=C(NCCc1cnc[nH]1)c1ccc(Br)c(O)c1. The van der Waals surface area contributed by atoms with Crippen molar-refractivity contribution in [2.24, 2.45) is 0 Å². The van der Waals surface area contributed by atoms with Crippen LogP contribution >= 0.6 is 15.9 Å². The van der Waals surface area contributed by atoms with Crippen LogP contribution in [-0.2, 0) is 6.42 Å². The van der Waals surface area contributed by atoms with E-state index in [1.807, 2.05) is 0 Å². The molecular formula is C12H12BrN3O2. The predicted molar refractivity (Wildman–Crippen MR) is 70.4 cm³/mol. The predicted octanol–water partition coefficient (Wildman–Crippen LogP) is 1.85. The molecule has 0 fully saturated rings. The van der Waals surface area contributed by atoms with Gasteiger partial charge in [-0.2, -0.15) is 0 Å². The average Bonchev–Trinajstić information content (AvgIpc) is 2.85. The summed E-state index contributed by atoms with van der Waals surface area (Å²) in [5.41, 5.74) is 1.40. The van der Waals surface area contributed by atoms with Crippen molar-refractivity contribution in [3.63, 3.8) is 0 Å². The van der Waals surface area contributed by atoms with Crippen LogP contribution in [0.15, 0.2) is 35.2 Å². The molecule has 0 aliphatic heterocycles. The molecule has 0 bridgehead atoms. The van der Waals surface area contributed by atoms with Gasteiger partial charge in [-0.05, 0) is 34.1 Å². The Bertz CT molecular complexity index is 540. The van der Waals surface area contributed by atoms with Crippen LogP contribution in [0.3, 0.4) is 0 Å². The summed E-state index contributed by atoms with van der Waals surface area (Å²) in [6, 6.07) is 4.71. The fourth-order valence-electron chi connectivity index (χ4n) is 1.49. The van der Waals surface area contributed by atoms with Crippen molar-refractivity contribution in [1.82, 2.24) is 15.3 Å². The van der Waals surface area contributed by atoms with Crippen LogP contribution in [0.4, 0.5) is 0 Å². The van der Waals surface area contributed by atoms with E-state index >= 15 is 0 Å². The van der Waals surface area contributed by atoms with Crippen LogP contribution in [0.2, 0.25) is 0 Å². The smallest absolute Gasteiger partial charge is 0.251 e. The molecule has 94 valence electrons. The second kappa shape index (κ2) is 5.68. The monoisotopic (exact) mass is 309 g/mol. The summed E-state index contributed by atoms with van der Waals surface area (Å²) in [4.78, 5) is 18.6. The van der Waals surface area contributed by atoms with Crippen LogP contribution in [0.25, 0.3) is 0 Å². The van der Waals surface area contributed by atoms with E-state index in [0.29, 0.717) is 23.0 Å². The minimum Gasteiger partial charge on any atom is -0.507 e. The third-order valence-corrected chi connectivity index (χ3v) is 3.11. The highest BCUT2D eigenvalue weighted by molar-refractivity contribution is 9.10. The lowest BCUT2D eigenvalue weighted by Crippen LogP contribution is -2.25. The van der Waals surface area contributed by atoms with Crippen molar-refractivity contribution >= 4 is 21.8 Å². The number of rotatable bonds is 4. The number of carbonyl (C=O) groups excluding carboxylic acids is 1. The van der Waals surface area contributed by atoms with E-state index in [1.165, 1.54) is 6.07 Å². The molecular weight excluding hydrogens is 298 g/mol. The first kappa shape index (κ1) is 12.6. The number of H-pyrrole nitrogens is 1. The minimum atomic E-state index is -0.211. The average molecular weight is 310 g/mol. The Labute approximate surface area is 112 Å². The molecule has 3 N–H and O–H groups in total. The van der Waals surface area contributed by atoms with Crippen LogP contribution in [0.1, 0.15) is 16.1 Å². The Hall–Kier alpha value is -1.82. The molecule has 1 heterocycles. The van der Waals surface area contributed by atoms with E-state index in [1.54, 1.807) is 24.7 Å². The number of carbonyl (C=O) groups is 1. The number of halogens is 1. The Morgan fingerprint density at radius 3 is 3.00 bits per heavy atom. The van der Waals surface area contributed by atoms with Gasteiger partial charge >= 0.3 is 0 Å². The molecule has 1 aromatic heterocycles. The van der Waals surface area contributed by atoms with Gasteiger partial charge in [0.15, 0.2) is 0 Å². The number of hydrogen-bond donors (Lipinski definition) is 3. The number of hydrogen-bond acceptors (Lipinski definition) is 3. The molecule has 2 aromatic rings. The molecule has 1 amide bonds. The highest BCUT2D eigenvalue weighted by Gasteiger charge is 2.07. The highest BCUT2D eigenvalue weighted by Crippen LogP contribution is 2.24. The third-order valence-electron chi connectivity index (χ3n) is 2.44. The summed E-state index contributed by atoms with van der Waals surface area (Å²) in [5, 5.41) is 12.3. The molecule has 18 heavy (non-hydrogen) atoms. The quantitative estimate of drug-likeness (QED) is 0.806. The maximum absolute atomic E-state index is 11.8. The fraction of sp³-hybridized carbons (Fsp3) is 0.167. The molecule has 0 atom stereocenters. The topological polar surface area (TPSA) is 78.0 Å². The van der Waals surface area contributed by atoms with Crippen molar-refractivity contribution in [3.8, 4) is 5.75 Å². The number of amides is 1. The lowest BCUT2D eigenvalue weighted by Gasteiger charge is -2.05. The van der Waals surface area contributed by atoms with Gasteiger partial charge in [-0.25, -0.2) is 4.98 Å². The molecule has 0 aliphatic carbocycles. The van der Waals surface area contributed by atoms with Crippen molar-refractivity contribution in [3.05, 3.63) is 46.5 Å².